The molecular weight excluding hydrogens is 250 g/mol. The van der Waals surface area contributed by atoms with Gasteiger partial charge in [0.25, 0.3) is 0 Å². The molecule has 0 aromatic carbocycles. The minimum Gasteiger partial charge on any atom is -0.396 e. The summed E-state index contributed by atoms with van der Waals surface area (Å²) in [7, 11) is 0. The first kappa shape index (κ1) is 15.5. The van der Waals surface area contributed by atoms with E-state index in [1.165, 1.54) is 32.1 Å². The van der Waals surface area contributed by atoms with E-state index in [9.17, 15) is 0 Å². The maximum Gasteiger partial charge on any atom is 0.0762 e. The van der Waals surface area contributed by atoms with Crippen LogP contribution in [0, 0.1) is 5.41 Å². The molecule has 1 aromatic heterocycles. The largest absolute Gasteiger partial charge is 0.396 e. The van der Waals surface area contributed by atoms with Gasteiger partial charge in [-0.05, 0) is 30.7 Å². The molecule has 1 fully saturated rings. The van der Waals surface area contributed by atoms with E-state index < -0.39 is 0 Å². The second-order valence-electron chi connectivity index (χ2n) is 6.82. The fourth-order valence-electron chi connectivity index (χ4n) is 2.94. The molecule has 1 heterocycles. The van der Waals surface area contributed by atoms with Crippen molar-refractivity contribution in [3.8, 4) is 0 Å². The van der Waals surface area contributed by atoms with Gasteiger partial charge in [-0.1, -0.05) is 33.1 Å². The van der Waals surface area contributed by atoms with Gasteiger partial charge >= 0.3 is 0 Å². The number of nitrogens with zero attached hydrogens (tertiary/aromatic N) is 2. The standard InChI is InChI=1S/C16H29N3O/c1-16(2,9-11-20)13-17-12-14-8-10-19(18-14)15-6-4-3-5-7-15/h8,10,15,17,20H,3-7,9,11-13H2,1-2H3. The molecule has 1 aliphatic rings. The summed E-state index contributed by atoms with van der Waals surface area (Å²) in [6.07, 6.45) is 9.57. The van der Waals surface area contributed by atoms with Gasteiger partial charge in [0.05, 0.1) is 11.7 Å². The number of hydrogen-bond acceptors (Lipinski definition) is 3. The van der Waals surface area contributed by atoms with Gasteiger partial charge in [0.1, 0.15) is 0 Å². The van der Waals surface area contributed by atoms with Crippen LogP contribution < -0.4 is 5.32 Å². The van der Waals surface area contributed by atoms with Crippen molar-refractivity contribution in [2.45, 2.75) is 65.0 Å². The normalized spacial score (nSPS) is 17.6. The molecule has 0 amide bonds. The molecule has 20 heavy (non-hydrogen) atoms. The highest BCUT2D eigenvalue weighted by Crippen LogP contribution is 2.27. The lowest BCUT2D eigenvalue weighted by atomic mass is 9.90. The van der Waals surface area contributed by atoms with Crippen molar-refractivity contribution in [3.05, 3.63) is 18.0 Å². The van der Waals surface area contributed by atoms with Gasteiger partial charge in [0, 0.05) is 25.9 Å². The van der Waals surface area contributed by atoms with E-state index in [4.69, 9.17) is 10.2 Å². The first-order chi connectivity index (χ1) is 9.61. The Morgan fingerprint density at radius 3 is 2.80 bits per heavy atom. The van der Waals surface area contributed by atoms with Crippen LogP contribution in [0.5, 0.6) is 0 Å². The smallest absolute Gasteiger partial charge is 0.0762 e. The van der Waals surface area contributed by atoms with Crippen LogP contribution in [0.25, 0.3) is 0 Å². The van der Waals surface area contributed by atoms with E-state index in [0.29, 0.717) is 6.04 Å². The Kier molecular flexibility index (Phi) is 5.61. The summed E-state index contributed by atoms with van der Waals surface area (Å²) >= 11 is 0. The Morgan fingerprint density at radius 2 is 2.10 bits per heavy atom. The quantitative estimate of drug-likeness (QED) is 0.807. The number of aromatic nitrogens is 2. The average molecular weight is 279 g/mol. The molecule has 1 saturated carbocycles. The number of aliphatic hydroxyl groups is 1. The van der Waals surface area contributed by atoms with Crippen LogP contribution in [0.15, 0.2) is 12.3 Å². The van der Waals surface area contributed by atoms with Gasteiger partial charge < -0.3 is 10.4 Å². The topological polar surface area (TPSA) is 50.1 Å². The Balaban J connectivity index is 1.78. The van der Waals surface area contributed by atoms with Gasteiger partial charge in [-0.2, -0.15) is 5.10 Å². The lowest BCUT2D eigenvalue weighted by Crippen LogP contribution is -2.30. The molecule has 0 unspecified atom stereocenters. The zero-order valence-electron chi connectivity index (χ0n) is 12.9. The van der Waals surface area contributed by atoms with Crippen molar-refractivity contribution in [2.75, 3.05) is 13.2 Å². The molecule has 0 bridgehead atoms. The van der Waals surface area contributed by atoms with E-state index in [2.05, 4.69) is 36.1 Å². The Labute approximate surface area is 122 Å². The van der Waals surface area contributed by atoms with Crippen LogP contribution in [-0.4, -0.2) is 28.0 Å². The molecule has 0 saturated heterocycles. The highest BCUT2D eigenvalue weighted by Gasteiger charge is 2.18. The third-order valence-corrected chi connectivity index (χ3v) is 4.31. The van der Waals surface area contributed by atoms with Gasteiger partial charge in [0.15, 0.2) is 0 Å². The summed E-state index contributed by atoms with van der Waals surface area (Å²) in [5.74, 6) is 0. The third-order valence-electron chi connectivity index (χ3n) is 4.31. The number of rotatable bonds is 7. The second kappa shape index (κ2) is 7.23. The lowest BCUT2D eigenvalue weighted by Gasteiger charge is -2.23. The van der Waals surface area contributed by atoms with Crippen LogP contribution >= 0.6 is 0 Å². The van der Waals surface area contributed by atoms with Gasteiger partial charge in [-0.15, -0.1) is 0 Å². The van der Waals surface area contributed by atoms with Crippen LogP contribution in [0.3, 0.4) is 0 Å². The van der Waals surface area contributed by atoms with E-state index >= 15 is 0 Å². The van der Waals surface area contributed by atoms with Crippen molar-refractivity contribution in [2.24, 2.45) is 5.41 Å². The lowest BCUT2D eigenvalue weighted by molar-refractivity contribution is 0.207. The van der Waals surface area contributed by atoms with Crippen LogP contribution in [0.1, 0.15) is 64.1 Å². The van der Waals surface area contributed by atoms with Crippen molar-refractivity contribution in [3.63, 3.8) is 0 Å². The van der Waals surface area contributed by atoms with Gasteiger partial charge in [0.2, 0.25) is 0 Å². The summed E-state index contributed by atoms with van der Waals surface area (Å²) < 4.78 is 2.16. The highest BCUT2D eigenvalue weighted by molar-refractivity contribution is 5.00. The molecule has 0 atom stereocenters. The van der Waals surface area contributed by atoms with E-state index in [1.807, 2.05) is 0 Å². The maximum atomic E-state index is 9.02. The summed E-state index contributed by atoms with van der Waals surface area (Å²) in [6, 6.07) is 2.74. The third kappa shape index (κ3) is 4.60. The number of nitrogens with one attached hydrogen (secondary N) is 1. The van der Waals surface area contributed by atoms with Crippen LogP contribution in [-0.2, 0) is 6.54 Å². The summed E-state index contributed by atoms with van der Waals surface area (Å²) in [4.78, 5) is 0. The average Bonchev–Trinajstić information content (AvgIpc) is 2.88. The molecule has 1 aromatic rings. The zero-order chi connectivity index (χ0) is 14.4. The van der Waals surface area contributed by atoms with Crippen LogP contribution in [0.4, 0.5) is 0 Å². The van der Waals surface area contributed by atoms with E-state index in [-0.39, 0.29) is 12.0 Å². The minimum atomic E-state index is 0.140. The number of aliphatic hydroxyl groups excluding tert-OH is 1. The molecule has 4 heteroatoms. The predicted molar refractivity (Wildman–Crippen MR) is 81.5 cm³/mol. The SMILES string of the molecule is CC(C)(CCO)CNCc1ccn(C2CCCCC2)n1. The summed E-state index contributed by atoms with van der Waals surface area (Å²) in [6.45, 7) is 6.33. The van der Waals surface area contributed by atoms with Crippen molar-refractivity contribution >= 4 is 0 Å². The van der Waals surface area contributed by atoms with E-state index in [1.54, 1.807) is 0 Å². The summed E-state index contributed by atoms with van der Waals surface area (Å²) in [5.41, 5.74) is 1.26. The second-order valence-corrected chi connectivity index (χ2v) is 6.82. The molecule has 4 nitrogen and oxygen atoms in total. The predicted octanol–water partition coefficient (Wildman–Crippen LogP) is 2.89. The molecule has 0 aliphatic heterocycles. The fourth-order valence-corrected chi connectivity index (χ4v) is 2.94. The number of hydrogen-bond donors (Lipinski definition) is 2. The highest BCUT2D eigenvalue weighted by atomic mass is 16.3. The minimum absolute atomic E-state index is 0.140. The van der Waals surface area contributed by atoms with Crippen LogP contribution in [0.2, 0.25) is 0 Å². The monoisotopic (exact) mass is 279 g/mol. The van der Waals surface area contributed by atoms with Crippen molar-refractivity contribution < 1.29 is 5.11 Å². The Bertz CT molecular complexity index is 394. The first-order valence-corrected chi connectivity index (χ1v) is 7.96. The molecule has 0 radical (unpaired) electrons. The molecular formula is C16H29N3O. The molecule has 2 N–H and O–H groups in total. The Hall–Kier alpha value is -0.870. The van der Waals surface area contributed by atoms with E-state index in [0.717, 1.165) is 25.2 Å². The molecule has 1 aliphatic carbocycles. The molecule has 2 rings (SSSR count). The zero-order valence-corrected chi connectivity index (χ0v) is 12.9. The maximum absolute atomic E-state index is 9.02. The fraction of sp³-hybridized carbons (Fsp3) is 0.812. The Morgan fingerprint density at radius 1 is 1.35 bits per heavy atom. The van der Waals surface area contributed by atoms with Gasteiger partial charge in [-0.25, -0.2) is 0 Å². The van der Waals surface area contributed by atoms with Crippen molar-refractivity contribution in [1.82, 2.24) is 15.1 Å². The molecule has 0 spiro atoms. The van der Waals surface area contributed by atoms with Gasteiger partial charge in [-0.3, -0.25) is 4.68 Å². The van der Waals surface area contributed by atoms with Crippen molar-refractivity contribution in [1.29, 1.82) is 0 Å². The summed E-state index contributed by atoms with van der Waals surface area (Å²) in [5, 5.41) is 17.2. The first-order valence-electron chi connectivity index (χ1n) is 7.96. The molecule has 114 valence electrons.